The van der Waals surface area contributed by atoms with Gasteiger partial charge in [-0.2, -0.15) is 0 Å². The highest BCUT2D eigenvalue weighted by Crippen LogP contribution is 2.18. The highest BCUT2D eigenvalue weighted by atomic mass is 16.5. The van der Waals surface area contributed by atoms with E-state index in [1.807, 2.05) is 31.2 Å². The summed E-state index contributed by atoms with van der Waals surface area (Å²) in [7, 11) is 0. The van der Waals surface area contributed by atoms with Gasteiger partial charge in [-0.25, -0.2) is 0 Å². The van der Waals surface area contributed by atoms with Gasteiger partial charge in [-0.3, -0.25) is 4.79 Å². The predicted molar refractivity (Wildman–Crippen MR) is 78.1 cm³/mol. The predicted octanol–water partition coefficient (Wildman–Crippen LogP) is 1.79. The SMILES string of the molecule is CCC(C)Oc1ccc(NC(=O)C2CNCCO2)cc1. The lowest BCUT2D eigenvalue weighted by atomic mass is 10.2. The summed E-state index contributed by atoms with van der Waals surface area (Å²) in [5, 5.41) is 5.98. The van der Waals surface area contributed by atoms with Gasteiger partial charge in [0, 0.05) is 18.8 Å². The monoisotopic (exact) mass is 278 g/mol. The molecule has 2 rings (SSSR count). The minimum Gasteiger partial charge on any atom is -0.491 e. The lowest BCUT2D eigenvalue weighted by Gasteiger charge is -2.22. The molecule has 5 heteroatoms. The van der Waals surface area contributed by atoms with Gasteiger partial charge in [-0.15, -0.1) is 0 Å². The Balaban J connectivity index is 1.88. The van der Waals surface area contributed by atoms with Crippen molar-refractivity contribution < 1.29 is 14.3 Å². The van der Waals surface area contributed by atoms with Gasteiger partial charge in [-0.05, 0) is 37.6 Å². The largest absolute Gasteiger partial charge is 0.491 e. The minimum absolute atomic E-state index is 0.118. The molecule has 110 valence electrons. The number of benzene rings is 1. The molecule has 2 unspecified atom stereocenters. The highest BCUT2D eigenvalue weighted by Gasteiger charge is 2.21. The molecular formula is C15H22N2O3. The third kappa shape index (κ3) is 4.21. The van der Waals surface area contributed by atoms with Gasteiger partial charge >= 0.3 is 0 Å². The Bertz CT molecular complexity index is 427. The van der Waals surface area contributed by atoms with Crippen LogP contribution in [0.3, 0.4) is 0 Å². The molecule has 0 spiro atoms. The molecule has 2 N–H and O–H groups in total. The molecule has 20 heavy (non-hydrogen) atoms. The van der Waals surface area contributed by atoms with Crippen molar-refractivity contribution >= 4 is 11.6 Å². The van der Waals surface area contributed by atoms with Crippen LogP contribution in [0.1, 0.15) is 20.3 Å². The van der Waals surface area contributed by atoms with E-state index in [1.54, 1.807) is 0 Å². The first-order valence-electron chi connectivity index (χ1n) is 7.09. The topological polar surface area (TPSA) is 59.6 Å². The summed E-state index contributed by atoms with van der Waals surface area (Å²) < 4.78 is 11.1. The van der Waals surface area contributed by atoms with E-state index < -0.39 is 6.10 Å². The van der Waals surface area contributed by atoms with E-state index in [9.17, 15) is 4.79 Å². The van der Waals surface area contributed by atoms with E-state index in [2.05, 4.69) is 17.6 Å². The fourth-order valence-corrected chi connectivity index (χ4v) is 1.89. The summed E-state index contributed by atoms with van der Waals surface area (Å²) in [6, 6.07) is 7.40. The number of rotatable bonds is 5. The van der Waals surface area contributed by atoms with Gasteiger partial charge in [0.05, 0.1) is 12.7 Å². The quantitative estimate of drug-likeness (QED) is 0.862. The molecule has 1 fully saturated rings. The number of carbonyl (C=O) groups excluding carboxylic acids is 1. The number of nitrogens with one attached hydrogen (secondary N) is 2. The molecule has 1 heterocycles. The van der Waals surface area contributed by atoms with Crippen LogP contribution in [0.4, 0.5) is 5.69 Å². The van der Waals surface area contributed by atoms with Gasteiger partial charge < -0.3 is 20.1 Å². The molecule has 1 amide bonds. The van der Waals surface area contributed by atoms with Crippen molar-refractivity contribution in [3.05, 3.63) is 24.3 Å². The molecule has 0 aromatic heterocycles. The first kappa shape index (κ1) is 14.8. The van der Waals surface area contributed by atoms with Gasteiger partial charge in [-0.1, -0.05) is 6.92 Å². The second-order valence-corrected chi connectivity index (χ2v) is 4.91. The van der Waals surface area contributed by atoms with Crippen molar-refractivity contribution in [2.45, 2.75) is 32.5 Å². The second kappa shape index (κ2) is 7.26. The molecule has 5 nitrogen and oxygen atoms in total. The Morgan fingerprint density at radius 1 is 1.50 bits per heavy atom. The summed E-state index contributed by atoms with van der Waals surface area (Å²) in [4.78, 5) is 12.0. The summed E-state index contributed by atoms with van der Waals surface area (Å²) in [6.07, 6.45) is 0.738. The van der Waals surface area contributed by atoms with Crippen LogP contribution in [0, 0.1) is 0 Å². The molecule has 0 aliphatic carbocycles. The fourth-order valence-electron chi connectivity index (χ4n) is 1.89. The standard InChI is InChI=1S/C15H22N2O3/c1-3-11(2)20-13-6-4-12(5-7-13)17-15(18)14-10-16-8-9-19-14/h4-7,11,14,16H,3,8-10H2,1-2H3,(H,17,18). The van der Waals surface area contributed by atoms with Crippen molar-refractivity contribution in [3.63, 3.8) is 0 Å². The number of anilines is 1. The van der Waals surface area contributed by atoms with Gasteiger partial charge in [0.15, 0.2) is 0 Å². The highest BCUT2D eigenvalue weighted by molar-refractivity contribution is 5.94. The lowest BCUT2D eigenvalue weighted by molar-refractivity contribution is -0.128. The maximum atomic E-state index is 12.0. The number of hydrogen-bond acceptors (Lipinski definition) is 4. The molecular weight excluding hydrogens is 256 g/mol. The number of morpholine rings is 1. The Kier molecular flexibility index (Phi) is 5.38. The zero-order valence-corrected chi connectivity index (χ0v) is 12.0. The average molecular weight is 278 g/mol. The van der Waals surface area contributed by atoms with Crippen molar-refractivity contribution in [1.29, 1.82) is 0 Å². The summed E-state index contributed by atoms with van der Waals surface area (Å²) in [6.45, 7) is 6.03. The minimum atomic E-state index is -0.417. The molecule has 2 atom stereocenters. The van der Waals surface area contributed by atoms with Crippen molar-refractivity contribution in [2.24, 2.45) is 0 Å². The molecule has 1 aliphatic rings. The van der Waals surface area contributed by atoms with Crippen LogP contribution in [-0.4, -0.2) is 37.8 Å². The Morgan fingerprint density at radius 3 is 2.85 bits per heavy atom. The molecule has 0 bridgehead atoms. The van der Waals surface area contributed by atoms with Crippen LogP contribution in [0.25, 0.3) is 0 Å². The van der Waals surface area contributed by atoms with Crippen molar-refractivity contribution in [2.75, 3.05) is 25.0 Å². The number of ether oxygens (including phenoxy) is 2. The molecule has 1 saturated heterocycles. The van der Waals surface area contributed by atoms with E-state index in [4.69, 9.17) is 9.47 Å². The van der Waals surface area contributed by atoms with E-state index in [1.165, 1.54) is 0 Å². The maximum Gasteiger partial charge on any atom is 0.254 e. The lowest BCUT2D eigenvalue weighted by Crippen LogP contribution is -2.45. The molecule has 0 saturated carbocycles. The summed E-state index contributed by atoms with van der Waals surface area (Å²) in [5.74, 6) is 0.695. The Hall–Kier alpha value is -1.59. The molecule has 1 aromatic carbocycles. The van der Waals surface area contributed by atoms with Crippen LogP contribution in [0.15, 0.2) is 24.3 Å². The van der Waals surface area contributed by atoms with E-state index in [0.717, 1.165) is 24.4 Å². The van der Waals surface area contributed by atoms with Crippen LogP contribution < -0.4 is 15.4 Å². The smallest absolute Gasteiger partial charge is 0.254 e. The normalized spacial score (nSPS) is 20.2. The van der Waals surface area contributed by atoms with Gasteiger partial charge in [0.1, 0.15) is 11.9 Å². The zero-order chi connectivity index (χ0) is 14.4. The average Bonchev–Trinajstić information content (AvgIpc) is 2.50. The third-order valence-corrected chi connectivity index (χ3v) is 3.25. The van der Waals surface area contributed by atoms with Gasteiger partial charge in [0.2, 0.25) is 0 Å². The van der Waals surface area contributed by atoms with E-state index >= 15 is 0 Å². The first-order chi connectivity index (χ1) is 9.69. The van der Waals surface area contributed by atoms with Crippen LogP contribution in [0.5, 0.6) is 5.75 Å². The molecule has 1 aliphatic heterocycles. The first-order valence-corrected chi connectivity index (χ1v) is 7.09. The summed E-state index contributed by atoms with van der Waals surface area (Å²) >= 11 is 0. The van der Waals surface area contributed by atoms with E-state index in [0.29, 0.717) is 13.2 Å². The Labute approximate surface area is 119 Å². The molecule has 0 radical (unpaired) electrons. The van der Waals surface area contributed by atoms with E-state index in [-0.39, 0.29) is 12.0 Å². The number of hydrogen-bond donors (Lipinski definition) is 2. The van der Waals surface area contributed by atoms with Crippen molar-refractivity contribution in [3.8, 4) is 5.75 Å². The van der Waals surface area contributed by atoms with Gasteiger partial charge in [0.25, 0.3) is 5.91 Å². The second-order valence-electron chi connectivity index (χ2n) is 4.91. The fraction of sp³-hybridized carbons (Fsp3) is 0.533. The van der Waals surface area contributed by atoms with Crippen LogP contribution in [0.2, 0.25) is 0 Å². The molecule has 1 aromatic rings. The Morgan fingerprint density at radius 2 is 2.25 bits per heavy atom. The maximum absolute atomic E-state index is 12.0. The van der Waals surface area contributed by atoms with Crippen LogP contribution in [-0.2, 0) is 9.53 Å². The van der Waals surface area contributed by atoms with Crippen molar-refractivity contribution in [1.82, 2.24) is 5.32 Å². The zero-order valence-electron chi connectivity index (χ0n) is 12.0. The number of carbonyl (C=O) groups is 1. The summed E-state index contributed by atoms with van der Waals surface area (Å²) in [5.41, 5.74) is 0.751. The third-order valence-electron chi connectivity index (χ3n) is 3.25. The van der Waals surface area contributed by atoms with Crippen LogP contribution >= 0.6 is 0 Å². The number of amides is 1.